The highest BCUT2D eigenvalue weighted by atomic mass is 79.9. The molecular formula is C18H13BrN2O2S. The molecule has 0 radical (unpaired) electrons. The SMILES string of the molecule is O=S(=O)(c1ccccc1)n1ccc2c3ccccc3nc(CBr)c21. The first-order valence-electron chi connectivity index (χ1n) is 7.38. The van der Waals surface area contributed by atoms with Crippen molar-refractivity contribution in [1.29, 1.82) is 0 Å². The lowest BCUT2D eigenvalue weighted by Gasteiger charge is -2.11. The van der Waals surface area contributed by atoms with Crippen LogP contribution in [0.4, 0.5) is 0 Å². The van der Waals surface area contributed by atoms with E-state index in [1.807, 2.05) is 30.3 Å². The fraction of sp³-hybridized carbons (Fsp3) is 0.0556. The number of aromatic nitrogens is 2. The highest BCUT2D eigenvalue weighted by Crippen LogP contribution is 2.31. The van der Waals surface area contributed by atoms with E-state index in [4.69, 9.17) is 0 Å². The molecule has 2 aromatic heterocycles. The molecule has 0 aliphatic rings. The Morgan fingerprint density at radius 2 is 1.62 bits per heavy atom. The summed E-state index contributed by atoms with van der Waals surface area (Å²) < 4.78 is 27.4. The van der Waals surface area contributed by atoms with Crippen LogP contribution in [0.25, 0.3) is 21.8 Å². The second kappa shape index (κ2) is 5.72. The largest absolute Gasteiger partial charge is 0.268 e. The van der Waals surface area contributed by atoms with Crippen molar-refractivity contribution in [2.24, 2.45) is 0 Å². The maximum Gasteiger partial charge on any atom is 0.268 e. The van der Waals surface area contributed by atoms with Crippen LogP contribution in [0.2, 0.25) is 0 Å². The standard InChI is InChI=1S/C18H13BrN2O2S/c19-12-17-18-15(14-8-4-5-9-16(14)20-17)10-11-21(18)24(22,23)13-6-2-1-3-7-13/h1-11H,12H2. The molecule has 4 aromatic rings. The molecule has 4 rings (SSSR count). The molecule has 0 aliphatic carbocycles. The van der Waals surface area contributed by atoms with Gasteiger partial charge >= 0.3 is 0 Å². The summed E-state index contributed by atoms with van der Waals surface area (Å²) in [5, 5.41) is 2.30. The third-order valence-electron chi connectivity index (χ3n) is 4.00. The number of para-hydroxylation sites is 1. The number of rotatable bonds is 3. The lowest BCUT2D eigenvalue weighted by molar-refractivity contribution is 0.589. The van der Waals surface area contributed by atoms with Crippen molar-refractivity contribution < 1.29 is 8.42 Å². The van der Waals surface area contributed by atoms with Gasteiger partial charge in [-0.15, -0.1) is 0 Å². The molecule has 4 nitrogen and oxygen atoms in total. The van der Waals surface area contributed by atoms with Gasteiger partial charge in [0.1, 0.15) is 0 Å². The number of pyridine rings is 1. The number of hydrogen-bond donors (Lipinski definition) is 0. The molecule has 2 aromatic carbocycles. The van der Waals surface area contributed by atoms with Crippen LogP contribution in [0, 0.1) is 0 Å². The molecule has 0 bridgehead atoms. The summed E-state index contributed by atoms with van der Waals surface area (Å²) in [7, 11) is -3.67. The van der Waals surface area contributed by atoms with Crippen molar-refractivity contribution in [3.63, 3.8) is 0 Å². The fourth-order valence-corrected chi connectivity index (χ4v) is 4.70. The van der Waals surface area contributed by atoms with Gasteiger partial charge in [0.15, 0.2) is 0 Å². The van der Waals surface area contributed by atoms with Gasteiger partial charge in [-0.1, -0.05) is 52.3 Å². The van der Waals surface area contributed by atoms with Crippen molar-refractivity contribution in [3.05, 3.63) is 72.6 Å². The van der Waals surface area contributed by atoms with E-state index in [1.54, 1.807) is 36.5 Å². The Bertz CT molecular complexity index is 1150. The summed E-state index contributed by atoms with van der Waals surface area (Å²) in [6, 6.07) is 18.0. The summed E-state index contributed by atoms with van der Waals surface area (Å²) >= 11 is 3.44. The summed E-state index contributed by atoms with van der Waals surface area (Å²) in [6.07, 6.45) is 1.60. The van der Waals surface area contributed by atoms with E-state index in [0.717, 1.165) is 16.3 Å². The van der Waals surface area contributed by atoms with Crippen molar-refractivity contribution in [2.75, 3.05) is 0 Å². The molecule has 0 amide bonds. The zero-order valence-corrected chi connectivity index (χ0v) is 15.0. The van der Waals surface area contributed by atoms with Crippen molar-refractivity contribution in [2.45, 2.75) is 10.2 Å². The smallest absolute Gasteiger partial charge is 0.250 e. The van der Waals surface area contributed by atoms with Gasteiger partial charge in [0, 0.05) is 22.3 Å². The number of nitrogens with zero attached hydrogens (tertiary/aromatic N) is 2. The molecule has 6 heteroatoms. The monoisotopic (exact) mass is 400 g/mol. The maximum absolute atomic E-state index is 13.0. The Morgan fingerprint density at radius 3 is 2.38 bits per heavy atom. The summed E-state index contributed by atoms with van der Waals surface area (Å²) in [5.74, 6) is 0. The highest BCUT2D eigenvalue weighted by molar-refractivity contribution is 9.08. The van der Waals surface area contributed by atoms with Crippen LogP contribution in [-0.4, -0.2) is 17.4 Å². The van der Waals surface area contributed by atoms with Crippen molar-refractivity contribution in [1.82, 2.24) is 8.96 Å². The molecule has 0 fully saturated rings. The van der Waals surface area contributed by atoms with Gasteiger partial charge in [-0.2, -0.15) is 0 Å². The molecule has 0 spiro atoms. The van der Waals surface area contributed by atoms with E-state index in [0.29, 0.717) is 16.5 Å². The molecule has 0 unspecified atom stereocenters. The van der Waals surface area contributed by atoms with Crippen LogP contribution in [0.3, 0.4) is 0 Å². The van der Waals surface area contributed by atoms with Crippen LogP contribution in [0.1, 0.15) is 5.69 Å². The van der Waals surface area contributed by atoms with Gasteiger partial charge in [-0.25, -0.2) is 17.4 Å². The second-order valence-corrected chi connectivity index (χ2v) is 7.78. The molecule has 2 heterocycles. The van der Waals surface area contributed by atoms with Gasteiger partial charge in [0.25, 0.3) is 10.0 Å². The molecular weight excluding hydrogens is 388 g/mol. The zero-order valence-electron chi connectivity index (χ0n) is 12.6. The molecule has 24 heavy (non-hydrogen) atoms. The second-order valence-electron chi connectivity index (χ2n) is 5.40. The van der Waals surface area contributed by atoms with E-state index in [9.17, 15) is 8.42 Å². The number of fused-ring (bicyclic) bond motifs is 3. The number of hydrogen-bond acceptors (Lipinski definition) is 3. The van der Waals surface area contributed by atoms with Crippen LogP contribution in [-0.2, 0) is 15.4 Å². The van der Waals surface area contributed by atoms with Gasteiger partial charge in [0.05, 0.1) is 21.6 Å². The van der Waals surface area contributed by atoms with Crippen LogP contribution >= 0.6 is 15.9 Å². The van der Waals surface area contributed by atoms with Gasteiger partial charge in [0.2, 0.25) is 0 Å². The average molecular weight is 401 g/mol. The van der Waals surface area contributed by atoms with E-state index in [1.165, 1.54) is 3.97 Å². The Morgan fingerprint density at radius 1 is 0.917 bits per heavy atom. The minimum absolute atomic E-state index is 0.260. The summed E-state index contributed by atoms with van der Waals surface area (Å²) in [4.78, 5) is 4.89. The Balaban J connectivity index is 2.10. The summed E-state index contributed by atoms with van der Waals surface area (Å²) in [5.41, 5.74) is 2.18. The fourth-order valence-electron chi connectivity index (χ4n) is 2.91. The third-order valence-corrected chi connectivity index (χ3v) is 6.22. The molecule has 0 saturated carbocycles. The molecule has 0 saturated heterocycles. The van der Waals surface area contributed by atoms with E-state index in [2.05, 4.69) is 20.9 Å². The first kappa shape index (κ1) is 15.4. The molecule has 0 aliphatic heterocycles. The highest BCUT2D eigenvalue weighted by Gasteiger charge is 2.21. The lowest BCUT2D eigenvalue weighted by atomic mass is 10.1. The minimum atomic E-state index is -3.67. The van der Waals surface area contributed by atoms with E-state index >= 15 is 0 Å². The number of alkyl halides is 1. The number of benzene rings is 2. The predicted octanol–water partition coefficient (Wildman–Crippen LogP) is 4.32. The maximum atomic E-state index is 13.0. The van der Waals surface area contributed by atoms with Gasteiger partial charge in [-0.3, -0.25) is 0 Å². The quantitative estimate of drug-likeness (QED) is 0.481. The van der Waals surface area contributed by atoms with Crippen molar-refractivity contribution in [3.8, 4) is 0 Å². The van der Waals surface area contributed by atoms with Crippen LogP contribution in [0.5, 0.6) is 0 Å². The Hall–Kier alpha value is -2.18. The minimum Gasteiger partial charge on any atom is -0.250 e. The van der Waals surface area contributed by atoms with Crippen molar-refractivity contribution >= 4 is 47.8 Å². The third kappa shape index (κ3) is 2.25. The predicted molar refractivity (Wildman–Crippen MR) is 98.9 cm³/mol. The van der Waals surface area contributed by atoms with Crippen LogP contribution in [0.15, 0.2) is 71.8 Å². The first-order valence-corrected chi connectivity index (χ1v) is 9.94. The molecule has 0 atom stereocenters. The first-order chi connectivity index (χ1) is 11.6. The molecule has 0 N–H and O–H groups in total. The average Bonchev–Trinajstić information content (AvgIpc) is 3.08. The van der Waals surface area contributed by atoms with Gasteiger partial charge < -0.3 is 0 Å². The number of halogens is 1. The zero-order chi connectivity index (χ0) is 16.7. The van der Waals surface area contributed by atoms with E-state index in [-0.39, 0.29) is 4.90 Å². The molecule has 120 valence electrons. The lowest BCUT2D eigenvalue weighted by Crippen LogP contribution is -2.12. The Labute approximate surface area is 147 Å². The van der Waals surface area contributed by atoms with Crippen LogP contribution < -0.4 is 0 Å². The van der Waals surface area contributed by atoms with E-state index < -0.39 is 10.0 Å². The Kier molecular flexibility index (Phi) is 3.66. The summed E-state index contributed by atoms with van der Waals surface area (Å²) in [6.45, 7) is 0. The normalized spacial score (nSPS) is 12.0. The van der Waals surface area contributed by atoms with Gasteiger partial charge in [-0.05, 0) is 24.3 Å². The topological polar surface area (TPSA) is 52.0 Å².